The number of alkyl carbamates (subject to hydrolysis) is 1. The number of nitrogens with one attached hydrogen (secondary N) is 3. The van der Waals surface area contributed by atoms with Crippen LogP contribution in [0.3, 0.4) is 0 Å². The number of amides is 4. The van der Waals surface area contributed by atoms with E-state index >= 15 is 0 Å². The number of fused-ring (bicyclic) bond motifs is 3. The molecule has 4 amide bonds. The highest BCUT2D eigenvalue weighted by molar-refractivity contribution is 7.99. The number of sulfonamides is 1. The SMILES string of the molecule is O=C(N[C@@H]1CCCCC/C=C\[C@H]2C[C@]2(C(=O)NS(=O)(=O)C2CC2)NC(=O)[C@@H]2C[C@@H](O/N=C3\CCSc4ccccc43)CN2C1=O)OC1CCCC1. The Morgan fingerprint density at radius 3 is 2.59 bits per heavy atom. The molecular formula is C36H47N5O8S2. The van der Waals surface area contributed by atoms with Crippen LogP contribution in [-0.2, 0) is 34.0 Å². The normalized spacial score (nSPS) is 31.6. The first-order valence-electron chi connectivity index (χ1n) is 18.4. The number of nitrogens with zero attached hydrogens (tertiary/aromatic N) is 2. The number of hydrogen-bond acceptors (Lipinski definition) is 10. The average Bonchev–Trinajstić information content (AvgIpc) is 3.99. The summed E-state index contributed by atoms with van der Waals surface area (Å²) < 4.78 is 33.4. The van der Waals surface area contributed by atoms with Crippen LogP contribution in [0.15, 0.2) is 46.5 Å². The van der Waals surface area contributed by atoms with E-state index in [4.69, 9.17) is 9.57 Å². The van der Waals surface area contributed by atoms with Crippen LogP contribution in [0.5, 0.6) is 0 Å². The molecule has 3 aliphatic heterocycles. The van der Waals surface area contributed by atoms with Crippen molar-refractivity contribution in [3.63, 3.8) is 0 Å². The zero-order chi connectivity index (χ0) is 35.6. The van der Waals surface area contributed by atoms with Crippen molar-refractivity contribution in [2.75, 3.05) is 12.3 Å². The van der Waals surface area contributed by atoms with E-state index in [1.807, 2.05) is 36.4 Å². The number of rotatable bonds is 7. The molecule has 0 bridgehead atoms. The van der Waals surface area contributed by atoms with Crippen molar-refractivity contribution in [1.82, 2.24) is 20.3 Å². The van der Waals surface area contributed by atoms with E-state index in [-0.39, 0.29) is 25.5 Å². The average molecular weight is 742 g/mol. The quantitative estimate of drug-likeness (QED) is 0.277. The molecule has 13 nitrogen and oxygen atoms in total. The van der Waals surface area contributed by atoms with Crippen molar-refractivity contribution in [1.29, 1.82) is 0 Å². The van der Waals surface area contributed by atoms with Crippen LogP contribution >= 0.6 is 11.8 Å². The Hall–Kier alpha value is -3.59. The lowest BCUT2D eigenvalue weighted by molar-refractivity contribution is -0.141. The molecule has 1 aromatic rings. The van der Waals surface area contributed by atoms with E-state index in [1.165, 1.54) is 4.90 Å². The highest BCUT2D eigenvalue weighted by Gasteiger charge is 2.62. The van der Waals surface area contributed by atoms with Gasteiger partial charge < -0.3 is 25.1 Å². The topological polar surface area (TPSA) is 173 Å². The van der Waals surface area contributed by atoms with Crippen LogP contribution in [-0.4, -0.2) is 90.2 Å². The second-order valence-corrected chi connectivity index (χ2v) is 17.7. The molecule has 4 fully saturated rings. The number of hydrogen-bond donors (Lipinski definition) is 3. The summed E-state index contributed by atoms with van der Waals surface area (Å²) in [5.74, 6) is -1.33. The number of oxime groups is 1. The van der Waals surface area contributed by atoms with Crippen molar-refractivity contribution in [2.45, 2.75) is 130 Å². The minimum atomic E-state index is -3.86. The Balaban J connectivity index is 1.14. The van der Waals surface area contributed by atoms with Gasteiger partial charge in [0.1, 0.15) is 29.8 Å². The monoisotopic (exact) mass is 741 g/mol. The summed E-state index contributed by atoms with van der Waals surface area (Å²) in [5.41, 5.74) is 0.316. The van der Waals surface area contributed by atoms with Crippen LogP contribution < -0.4 is 15.4 Å². The molecular weight excluding hydrogens is 695 g/mol. The Morgan fingerprint density at radius 1 is 1.00 bits per heavy atom. The Kier molecular flexibility index (Phi) is 10.7. The zero-order valence-electron chi connectivity index (χ0n) is 28.7. The number of benzene rings is 1. The minimum Gasteiger partial charge on any atom is -0.446 e. The molecule has 6 aliphatic rings. The summed E-state index contributed by atoms with van der Waals surface area (Å²) in [4.78, 5) is 63.9. The van der Waals surface area contributed by atoms with Crippen LogP contribution in [0.4, 0.5) is 4.79 Å². The lowest BCUT2D eigenvalue weighted by Crippen LogP contribution is -2.58. The second-order valence-electron chi connectivity index (χ2n) is 14.6. The fraction of sp³-hybridized carbons (Fsp3) is 0.639. The zero-order valence-corrected chi connectivity index (χ0v) is 30.4. The number of carbonyl (C=O) groups excluding carboxylic acids is 4. The van der Waals surface area contributed by atoms with Gasteiger partial charge in [-0.1, -0.05) is 48.3 Å². The van der Waals surface area contributed by atoms with E-state index < -0.39 is 68.7 Å². The van der Waals surface area contributed by atoms with Gasteiger partial charge in [-0.3, -0.25) is 19.1 Å². The number of carbonyl (C=O) groups is 4. The van der Waals surface area contributed by atoms with Crippen LogP contribution in [0.25, 0.3) is 0 Å². The van der Waals surface area contributed by atoms with E-state index in [1.54, 1.807) is 11.8 Å². The molecule has 0 spiro atoms. The number of thioether (sulfide) groups is 1. The minimum absolute atomic E-state index is 0.0402. The molecule has 3 aliphatic carbocycles. The highest BCUT2D eigenvalue weighted by Crippen LogP contribution is 2.46. The molecule has 15 heteroatoms. The molecule has 276 valence electrons. The number of ether oxygens (including phenoxy) is 1. The Bertz CT molecular complexity index is 1690. The maximum atomic E-state index is 14.4. The second kappa shape index (κ2) is 15.2. The first-order valence-corrected chi connectivity index (χ1v) is 20.9. The maximum Gasteiger partial charge on any atom is 0.408 e. The van der Waals surface area contributed by atoms with Crippen LogP contribution in [0.1, 0.15) is 95.5 Å². The lowest BCUT2D eigenvalue weighted by atomic mass is 10.0. The third-order valence-electron chi connectivity index (χ3n) is 10.8. The molecule has 7 rings (SSSR count). The fourth-order valence-corrected chi connectivity index (χ4v) is 10.0. The molecule has 0 unspecified atom stereocenters. The van der Waals surface area contributed by atoms with Crippen molar-refractivity contribution in [3.8, 4) is 0 Å². The predicted octanol–water partition coefficient (Wildman–Crippen LogP) is 3.91. The number of allylic oxidation sites excluding steroid dienone is 1. The first kappa shape index (κ1) is 35.8. The lowest BCUT2D eigenvalue weighted by Gasteiger charge is -2.30. The molecule has 3 heterocycles. The van der Waals surface area contributed by atoms with E-state index in [0.29, 0.717) is 32.1 Å². The van der Waals surface area contributed by atoms with Gasteiger partial charge in [0, 0.05) is 35.0 Å². The third-order valence-corrected chi connectivity index (χ3v) is 13.7. The molecule has 0 radical (unpaired) electrons. The molecule has 1 saturated heterocycles. The van der Waals surface area contributed by atoms with Gasteiger partial charge in [-0.15, -0.1) is 11.8 Å². The summed E-state index contributed by atoms with van der Waals surface area (Å²) in [6.45, 7) is 0.0402. The fourth-order valence-electron chi connectivity index (χ4n) is 7.63. The molecule has 3 saturated carbocycles. The van der Waals surface area contributed by atoms with Crippen molar-refractivity contribution in [3.05, 3.63) is 42.0 Å². The van der Waals surface area contributed by atoms with Crippen molar-refractivity contribution in [2.24, 2.45) is 11.1 Å². The largest absolute Gasteiger partial charge is 0.446 e. The molecule has 1 aromatic carbocycles. The summed E-state index contributed by atoms with van der Waals surface area (Å²) >= 11 is 1.75. The highest BCUT2D eigenvalue weighted by atomic mass is 32.2. The van der Waals surface area contributed by atoms with Gasteiger partial charge in [-0.25, -0.2) is 13.2 Å². The smallest absolute Gasteiger partial charge is 0.408 e. The van der Waals surface area contributed by atoms with Gasteiger partial charge >= 0.3 is 6.09 Å². The summed E-state index contributed by atoms with van der Waals surface area (Å²) in [5, 5.41) is 9.61. The van der Waals surface area contributed by atoms with Crippen LogP contribution in [0.2, 0.25) is 0 Å². The standard InChI is InChI=1S/C36H47N5O8S2/c42-32-30-20-25(49-39-28-18-19-50-31-15-9-8-13-27(28)31)22-41(30)33(43)29(37-35(45)48-24-11-6-7-12-24)14-5-3-1-2-4-10-23-21-36(23,38-32)34(44)40-51(46,47)26-16-17-26/h4,8-10,13,15,23-26,29-30H,1-3,5-7,11-12,14,16-22H2,(H,37,45)(H,38,42)(H,40,44)/b10-4-,39-28+/t23-,25+,29+,30-,36-/m0/s1. The van der Waals surface area contributed by atoms with Gasteiger partial charge in [0.2, 0.25) is 21.8 Å². The van der Waals surface area contributed by atoms with Gasteiger partial charge in [-0.2, -0.15) is 0 Å². The van der Waals surface area contributed by atoms with Gasteiger partial charge in [0.25, 0.3) is 5.91 Å². The molecule has 3 N–H and O–H groups in total. The summed E-state index contributed by atoms with van der Waals surface area (Å²) in [6, 6.07) is 5.97. The first-order chi connectivity index (χ1) is 24.6. The third kappa shape index (κ3) is 8.24. The van der Waals surface area contributed by atoms with Crippen LogP contribution in [0, 0.1) is 5.92 Å². The van der Waals surface area contributed by atoms with Gasteiger partial charge in [-0.05, 0) is 70.3 Å². The Morgan fingerprint density at radius 2 is 1.78 bits per heavy atom. The predicted molar refractivity (Wildman–Crippen MR) is 190 cm³/mol. The summed E-state index contributed by atoms with van der Waals surface area (Å²) in [6.07, 6.45) is 11.3. The molecule has 0 aromatic heterocycles. The van der Waals surface area contributed by atoms with Crippen molar-refractivity contribution >= 4 is 51.3 Å². The Labute approximate surface area is 303 Å². The summed E-state index contributed by atoms with van der Waals surface area (Å²) in [7, 11) is -3.86. The van der Waals surface area contributed by atoms with E-state index in [0.717, 1.165) is 66.9 Å². The molecule has 51 heavy (non-hydrogen) atoms. The van der Waals surface area contributed by atoms with E-state index in [2.05, 4.69) is 20.5 Å². The van der Waals surface area contributed by atoms with Gasteiger partial charge in [0.15, 0.2) is 0 Å². The van der Waals surface area contributed by atoms with Crippen molar-refractivity contribution < 1.29 is 37.2 Å². The molecule has 5 atom stereocenters. The van der Waals surface area contributed by atoms with E-state index in [9.17, 15) is 27.6 Å². The maximum absolute atomic E-state index is 14.4. The van der Waals surface area contributed by atoms with Gasteiger partial charge in [0.05, 0.1) is 17.5 Å².